The molecule has 1 aromatic carbocycles. The molecule has 0 aliphatic rings. The van der Waals surface area contributed by atoms with Crippen LogP contribution in [0, 0.1) is 5.92 Å². The standard InChI is InChI=1S/C9H11NO2.C6H13NO2.C4H9NO3.C4H9NO2S/c10-8(9(11)12)6-7-4-2-1-3-5-7;1-4(2)5(7-3)6(8)9;5-3(1-2-6)4(7)8;5-3(1-2-8)4(6)7/h1-5,8H,6,10H2,(H,11,12);4-5,7H,1-3H3,(H,8,9);3,6H,1-2,5H2,(H,7,8);3,8H,1-2,5H2,(H,6,7). The van der Waals surface area contributed by atoms with E-state index in [4.69, 9.17) is 42.7 Å². The molecule has 1 rings (SSSR count). The second kappa shape index (κ2) is 23.6. The molecule has 13 nitrogen and oxygen atoms in total. The van der Waals surface area contributed by atoms with Crippen LogP contribution in [0.3, 0.4) is 0 Å². The van der Waals surface area contributed by atoms with Crippen molar-refractivity contribution in [1.82, 2.24) is 5.32 Å². The maximum absolute atomic E-state index is 10.4. The van der Waals surface area contributed by atoms with Crippen LogP contribution in [0.4, 0.5) is 0 Å². The third-order valence-corrected chi connectivity index (χ3v) is 4.63. The van der Waals surface area contributed by atoms with Gasteiger partial charge < -0.3 is 48.1 Å². The Morgan fingerprint density at radius 2 is 1.24 bits per heavy atom. The summed E-state index contributed by atoms with van der Waals surface area (Å²) < 4.78 is 0. The Balaban J connectivity index is -0.000000424. The van der Waals surface area contributed by atoms with Crippen molar-refractivity contribution in [3.05, 3.63) is 35.9 Å². The number of hydrogen-bond donors (Lipinski definition) is 10. The van der Waals surface area contributed by atoms with Crippen LogP contribution >= 0.6 is 12.6 Å². The molecule has 0 aromatic heterocycles. The van der Waals surface area contributed by atoms with E-state index in [2.05, 4.69) is 17.9 Å². The maximum atomic E-state index is 10.4. The number of nitrogens with two attached hydrogens (primary N) is 3. The Kier molecular flexibility index (Phi) is 24.8. The number of benzene rings is 1. The zero-order valence-electron chi connectivity index (χ0n) is 21.4. The number of aliphatic carboxylic acids is 4. The number of aliphatic hydroxyl groups excluding tert-OH is 1. The minimum atomic E-state index is -1.07. The van der Waals surface area contributed by atoms with Crippen LogP contribution in [0.2, 0.25) is 0 Å². The summed E-state index contributed by atoms with van der Waals surface area (Å²) in [5.74, 6) is -3.11. The number of carboxylic acids is 4. The van der Waals surface area contributed by atoms with Gasteiger partial charge in [0.15, 0.2) is 0 Å². The Morgan fingerprint density at radius 1 is 0.811 bits per heavy atom. The number of aliphatic hydroxyl groups is 1. The summed E-state index contributed by atoms with van der Waals surface area (Å²) >= 11 is 3.81. The minimum absolute atomic E-state index is 0.120. The maximum Gasteiger partial charge on any atom is 0.320 e. The van der Waals surface area contributed by atoms with Gasteiger partial charge in [-0.1, -0.05) is 44.2 Å². The van der Waals surface area contributed by atoms with E-state index in [9.17, 15) is 19.2 Å². The molecule has 12 N–H and O–H groups in total. The second-order valence-electron chi connectivity index (χ2n) is 7.90. The first-order valence-electron chi connectivity index (χ1n) is 11.3. The van der Waals surface area contributed by atoms with E-state index in [1.165, 1.54) is 0 Å². The van der Waals surface area contributed by atoms with Gasteiger partial charge in [0, 0.05) is 6.61 Å². The van der Waals surface area contributed by atoms with Crippen molar-refractivity contribution >= 4 is 36.5 Å². The van der Waals surface area contributed by atoms with E-state index in [1.54, 1.807) is 7.05 Å². The molecule has 0 fully saturated rings. The lowest BCUT2D eigenvalue weighted by atomic mass is 10.1. The van der Waals surface area contributed by atoms with Crippen molar-refractivity contribution in [1.29, 1.82) is 0 Å². The third kappa shape index (κ3) is 23.4. The summed E-state index contributed by atoms with van der Waals surface area (Å²) in [6, 6.07) is 6.47. The van der Waals surface area contributed by atoms with Gasteiger partial charge in [0.25, 0.3) is 0 Å². The van der Waals surface area contributed by atoms with Crippen LogP contribution in [0.25, 0.3) is 0 Å². The number of hydrogen-bond acceptors (Lipinski definition) is 10. The molecular weight excluding hydrogens is 508 g/mol. The van der Waals surface area contributed by atoms with Crippen molar-refractivity contribution < 1.29 is 44.7 Å². The quantitative estimate of drug-likeness (QED) is 0.147. The summed E-state index contributed by atoms with van der Waals surface area (Å²) in [4.78, 5) is 40.5. The van der Waals surface area contributed by atoms with Crippen LogP contribution in [0.5, 0.6) is 0 Å². The van der Waals surface area contributed by atoms with E-state index in [0.717, 1.165) is 5.56 Å². The Morgan fingerprint density at radius 3 is 1.46 bits per heavy atom. The fraction of sp³-hybridized carbons (Fsp3) is 0.565. The van der Waals surface area contributed by atoms with Crippen molar-refractivity contribution in [2.45, 2.75) is 57.3 Å². The predicted octanol–water partition coefficient (Wildman–Crippen LogP) is -0.545. The molecular formula is C23H42N4O9S. The van der Waals surface area contributed by atoms with Gasteiger partial charge in [0.05, 0.1) is 0 Å². The highest BCUT2D eigenvalue weighted by Gasteiger charge is 2.17. The average Bonchev–Trinajstić information content (AvgIpc) is 2.81. The molecule has 4 atom stereocenters. The number of likely N-dealkylation sites (N-methyl/N-ethyl adjacent to an activating group) is 1. The molecule has 0 saturated carbocycles. The fourth-order valence-corrected chi connectivity index (χ4v) is 2.50. The molecule has 214 valence electrons. The van der Waals surface area contributed by atoms with Gasteiger partial charge in [0.2, 0.25) is 0 Å². The van der Waals surface area contributed by atoms with Gasteiger partial charge in [-0.25, -0.2) is 0 Å². The monoisotopic (exact) mass is 550 g/mol. The first kappa shape index (κ1) is 38.8. The van der Waals surface area contributed by atoms with Crippen LogP contribution < -0.4 is 22.5 Å². The normalized spacial score (nSPS) is 13.1. The van der Waals surface area contributed by atoms with Crippen molar-refractivity contribution in [3.63, 3.8) is 0 Å². The van der Waals surface area contributed by atoms with E-state index in [1.807, 2.05) is 44.2 Å². The number of carbonyl (C=O) groups is 4. The zero-order valence-corrected chi connectivity index (χ0v) is 22.3. The highest BCUT2D eigenvalue weighted by Crippen LogP contribution is 2.01. The van der Waals surface area contributed by atoms with Crippen LogP contribution in [-0.2, 0) is 25.6 Å². The van der Waals surface area contributed by atoms with Gasteiger partial charge in [-0.3, -0.25) is 19.2 Å². The number of carboxylic acid groups (broad SMARTS) is 4. The van der Waals surface area contributed by atoms with Crippen LogP contribution in [0.15, 0.2) is 30.3 Å². The number of nitrogens with one attached hydrogen (secondary N) is 1. The molecule has 0 aliphatic carbocycles. The lowest BCUT2D eigenvalue weighted by molar-refractivity contribution is -0.141. The summed E-state index contributed by atoms with van der Waals surface area (Å²) in [6.45, 7) is 3.57. The van der Waals surface area contributed by atoms with Gasteiger partial charge in [-0.15, -0.1) is 0 Å². The second-order valence-corrected chi connectivity index (χ2v) is 8.34. The largest absolute Gasteiger partial charge is 0.480 e. The molecule has 0 amide bonds. The highest BCUT2D eigenvalue weighted by atomic mass is 32.1. The Labute approximate surface area is 222 Å². The summed E-state index contributed by atoms with van der Waals surface area (Å²) in [6.07, 6.45) is 0.934. The van der Waals surface area contributed by atoms with Crippen LogP contribution in [-0.4, -0.2) is 93.0 Å². The summed E-state index contributed by atoms with van der Waals surface area (Å²) in [7, 11) is 1.65. The van der Waals surface area contributed by atoms with Gasteiger partial charge >= 0.3 is 23.9 Å². The third-order valence-electron chi connectivity index (χ3n) is 4.37. The molecule has 14 heteroatoms. The van der Waals surface area contributed by atoms with E-state index < -0.39 is 48.0 Å². The van der Waals surface area contributed by atoms with E-state index in [-0.39, 0.29) is 18.9 Å². The molecule has 0 radical (unpaired) electrons. The topological polar surface area (TPSA) is 260 Å². The van der Waals surface area contributed by atoms with Crippen molar-refractivity contribution in [3.8, 4) is 0 Å². The minimum Gasteiger partial charge on any atom is -0.480 e. The Bertz CT molecular complexity index is 748. The lowest BCUT2D eigenvalue weighted by Gasteiger charge is -2.13. The van der Waals surface area contributed by atoms with E-state index >= 15 is 0 Å². The number of thiol groups is 1. The van der Waals surface area contributed by atoms with Gasteiger partial charge in [-0.2, -0.15) is 12.6 Å². The van der Waals surface area contributed by atoms with Gasteiger partial charge in [-0.05, 0) is 43.5 Å². The molecule has 0 saturated heterocycles. The summed E-state index contributed by atoms with van der Waals surface area (Å²) in [5.41, 5.74) is 16.3. The molecule has 0 aliphatic heterocycles. The van der Waals surface area contributed by atoms with Gasteiger partial charge in [0.1, 0.15) is 24.2 Å². The Hall–Kier alpha value is -2.75. The molecule has 4 unspecified atom stereocenters. The molecule has 0 spiro atoms. The molecule has 0 bridgehead atoms. The molecule has 37 heavy (non-hydrogen) atoms. The first-order chi connectivity index (χ1) is 17.2. The predicted molar refractivity (Wildman–Crippen MR) is 142 cm³/mol. The fourth-order valence-electron chi connectivity index (χ4n) is 2.22. The van der Waals surface area contributed by atoms with E-state index in [0.29, 0.717) is 18.6 Å². The van der Waals surface area contributed by atoms with Crippen molar-refractivity contribution in [2.24, 2.45) is 23.1 Å². The highest BCUT2D eigenvalue weighted by molar-refractivity contribution is 7.80. The van der Waals surface area contributed by atoms with Crippen LogP contribution in [0.1, 0.15) is 32.3 Å². The molecule has 1 aromatic rings. The number of rotatable bonds is 12. The first-order valence-corrected chi connectivity index (χ1v) is 11.9. The molecule has 0 heterocycles. The van der Waals surface area contributed by atoms with Crippen molar-refractivity contribution in [2.75, 3.05) is 19.4 Å². The lowest BCUT2D eigenvalue weighted by Crippen LogP contribution is -2.38. The SMILES string of the molecule is CNC(C(=O)O)C(C)C.NC(CCO)C(=O)O.NC(CCS)C(=O)O.NC(Cc1ccccc1)C(=O)O. The zero-order chi connectivity index (χ0) is 29.6. The summed E-state index contributed by atoms with van der Waals surface area (Å²) in [5, 5.41) is 44.1. The smallest absolute Gasteiger partial charge is 0.320 e. The average molecular weight is 551 g/mol.